The third kappa shape index (κ3) is 1.85. The average molecular weight is 178 g/mol. The van der Waals surface area contributed by atoms with Gasteiger partial charge in [0.25, 0.3) is 0 Å². The van der Waals surface area contributed by atoms with Crippen molar-refractivity contribution in [1.29, 1.82) is 0 Å². The summed E-state index contributed by atoms with van der Waals surface area (Å²) in [5.41, 5.74) is 13.2. The van der Waals surface area contributed by atoms with E-state index in [0.717, 1.165) is 11.3 Å². The predicted molar refractivity (Wildman–Crippen MR) is 52.8 cm³/mol. The van der Waals surface area contributed by atoms with Gasteiger partial charge in [-0.3, -0.25) is 5.10 Å². The number of aromatic nitrogens is 2. The lowest BCUT2D eigenvalue weighted by atomic mass is 10.0. The molecule has 70 valence electrons. The van der Waals surface area contributed by atoms with Crippen molar-refractivity contribution in [1.82, 2.24) is 10.2 Å². The number of nitrogens with two attached hydrogens (primary N) is 2. The summed E-state index contributed by atoms with van der Waals surface area (Å²) in [7, 11) is 0. The molecule has 4 heteroatoms. The van der Waals surface area contributed by atoms with Crippen LogP contribution in [0.2, 0.25) is 0 Å². The van der Waals surface area contributed by atoms with Gasteiger partial charge in [0.2, 0.25) is 0 Å². The second-order valence-corrected chi connectivity index (χ2v) is 2.76. The molecule has 0 aliphatic heterocycles. The van der Waals surface area contributed by atoms with Crippen molar-refractivity contribution in [3.63, 3.8) is 0 Å². The molecule has 4 nitrogen and oxygen atoms in total. The summed E-state index contributed by atoms with van der Waals surface area (Å²) >= 11 is 0. The Morgan fingerprint density at radius 3 is 2.46 bits per heavy atom. The van der Waals surface area contributed by atoms with Gasteiger partial charge in [0.15, 0.2) is 0 Å². The first kappa shape index (κ1) is 9.70. The zero-order valence-corrected chi connectivity index (χ0v) is 7.40. The Bertz CT molecular complexity index is 274. The molecule has 1 rings (SSSR count). The molecule has 0 fully saturated rings. The quantitative estimate of drug-likeness (QED) is 0.596. The Morgan fingerprint density at radius 2 is 1.92 bits per heavy atom. The first-order chi connectivity index (χ1) is 6.20. The van der Waals surface area contributed by atoms with E-state index in [1.54, 1.807) is 18.3 Å². The second kappa shape index (κ2) is 4.02. The van der Waals surface area contributed by atoms with Gasteiger partial charge in [-0.25, -0.2) is 0 Å². The SMILES string of the molecule is C=CC(N)c1cn[nH]c1C(N)C=C. The number of nitrogens with zero attached hydrogens (tertiary/aromatic N) is 1. The fourth-order valence-corrected chi connectivity index (χ4v) is 1.08. The maximum atomic E-state index is 5.76. The Hall–Kier alpha value is -1.39. The van der Waals surface area contributed by atoms with E-state index < -0.39 is 0 Å². The molecule has 0 aromatic carbocycles. The van der Waals surface area contributed by atoms with E-state index in [4.69, 9.17) is 11.5 Å². The maximum Gasteiger partial charge on any atom is 0.0651 e. The van der Waals surface area contributed by atoms with Crippen molar-refractivity contribution in [2.24, 2.45) is 11.5 Å². The van der Waals surface area contributed by atoms with Crippen molar-refractivity contribution < 1.29 is 0 Å². The highest BCUT2D eigenvalue weighted by Crippen LogP contribution is 2.19. The molecule has 1 aromatic rings. The minimum absolute atomic E-state index is 0.236. The molecule has 0 radical (unpaired) electrons. The number of rotatable bonds is 4. The normalized spacial score (nSPS) is 14.9. The van der Waals surface area contributed by atoms with Gasteiger partial charge in [-0.1, -0.05) is 12.2 Å². The molecule has 0 amide bonds. The number of hydrogen-bond donors (Lipinski definition) is 3. The van der Waals surface area contributed by atoms with E-state index in [1.165, 1.54) is 0 Å². The van der Waals surface area contributed by atoms with Crippen LogP contribution >= 0.6 is 0 Å². The first-order valence-electron chi connectivity index (χ1n) is 4.00. The standard InChI is InChI=1S/C9H14N4/c1-3-7(10)6-5-12-13-9(6)8(11)4-2/h3-5,7-8H,1-2,10-11H2,(H,12,13). The molecular weight excluding hydrogens is 164 g/mol. The van der Waals surface area contributed by atoms with Gasteiger partial charge < -0.3 is 11.5 Å². The Labute approximate surface area is 77.3 Å². The van der Waals surface area contributed by atoms with E-state index in [1.807, 2.05) is 0 Å². The van der Waals surface area contributed by atoms with Crippen molar-refractivity contribution in [3.05, 3.63) is 42.8 Å². The lowest BCUT2D eigenvalue weighted by Crippen LogP contribution is -2.14. The van der Waals surface area contributed by atoms with E-state index in [9.17, 15) is 0 Å². The Morgan fingerprint density at radius 1 is 1.31 bits per heavy atom. The van der Waals surface area contributed by atoms with Crippen LogP contribution in [0.3, 0.4) is 0 Å². The third-order valence-electron chi connectivity index (χ3n) is 1.90. The van der Waals surface area contributed by atoms with Crippen molar-refractivity contribution in [2.75, 3.05) is 0 Å². The lowest BCUT2D eigenvalue weighted by molar-refractivity contribution is 0.806. The van der Waals surface area contributed by atoms with E-state index in [-0.39, 0.29) is 12.1 Å². The van der Waals surface area contributed by atoms with Gasteiger partial charge >= 0.3 is 0 Å². The van der Waals surface area contributed by atoms with Crippen LogP contribution in [-0.4, -0.2) is 10.2 Å². The highest BCUT2D eigenvalue weighted by molar-refractivity contribution is 5.28. The van der Waals surface area contributed by atoms with Crippen molar-refractivity contribution in [2.45, 2.75) is 12.1 Å². The predicted octanol–water partition coefficient (Wildman–Crippen LogP) is 0.781. The largest absolute Gasteiger partial charge is 0.321 e. The second-order valence-electron chi connectivity index (χ2n) is 2.76. The van der Waals surface area contributed by atoms with E-state index >= 15 is 0 Å². The molecule has 0 bridgehead atoms. The summed E-state index contributed by atoms with van der Waals surface area (Å²) in [6.07, 6.45) is 4.93. The Kier molecular flexibility index (Phi) is 3.00. The third-order valence-corrected chi connectivity index (χ3v) is 1.90. The number of nitrogens with one attached hydrogen (secondary N) is 1. The molecule has 1 heterocycles. The van der Waals surface area contributed by atoms with E-state index in [2.05, 4.69) is 23.4 Å². The van der Waals surface area contributed by atoms with Gasteiger partial charge in [0.1, 0.15) is 0 Å². The molecule has 0 saturated heterocycles. The van der Waals surface area contributed by atoms with Crippen LogP contribution in [0.25, 0.3) is 0 Å². The van der Waals surface area contributed by atoms with Crippen LogP contribution in [0, 0.1) is 0 Å². The molecule has 0 spiro atoms. The summed E-state index contributed by atoms with van der Waals surface area (Å²) in [6.45, 7) is 7.21. The average Bonchev–Trinajstić information content (AvgIpc) is 2.63. The zero-order valence-electron chi connectivity index (χ0n) is 7.40. The summed E-state index contributed by atoms with van der Waals surface area (Å²) in [5, 5.41) is 6.68. The van der Waals surface area contributed by atoms with Crippen LogP contribution < -0.4 is 11.5 Å². The molecule has 0 aliphatic rings. The van der Waals surface area contributed by atoms with Gasteiger partial charge in [-0.05, 0) is 0 Å². The van der Waals surface area contributed by atoms with Gasteiger partial charge in [0.05, 0.1) is 24.0 Å². The van der Waals surface area contributed by atoms with Crippen LogP contribution in [0.15, 0.2) is 31.5 Å². The van der Waals surface area contributed by atoms with Crippen molar-refractivity contribution in [3.8, 4) is 0 Å². The maximum absolute atomic E-state index is 5.76. The van der Waals surface area contributed by atoms with Crippen LogP contribution in [0.4, 0.5) is 0 Å². The fourth-order valence-electron chi connectivity index (χ4n) is 1.08. The molecule has 2 unspecified atom stereocenters. The lowest BCUT2D eigenvalue weighted by Gasteiger charge is -2.09. The minimum Gasteiger partial charge on any atom is -0.321 e. The summed E-state index contributed by atoms with van der Waals surface area (Å²) in [6, 6.07) is -0.497. The number of hydrogen-bond acceptors (Lipinski definition) is 3. The highest BCUT2D eigenvalue weighted by Gasteiger charge is 2.13. The molecule has 0 saturated carbocycles. The summed E-state index contributed by atoms with van der Waals surface area (Å²) < 4.78 is 0. The smallest absolute Gasteiger partial charge is 0.0651 e. The molecule has 13 heavy (non-hydrogen) atoms. The minimum atomic E-state index is -0.261. The van der Waals surface area contributed by atoms with Crippen LogP contribution in [0.5, 0.6) is 0 Å². The first-order valence-corrected chi connectivity index (χ1v) is 4.00. The highest BCUT2D eigenvalue weighted by atomic mass is 15.1. The van der Waals surface area contributed by atoms with E-state index in [0.29, 0.717) is 0 Å². The zero-order chi connectivity index (χ0) is 9.84. The molecule has 2 atom stereocenters. The monoisotopic (exact) mass is 178 g/mol. The van der Waals surface area contributed by atoms with Crippen molar-refractivity contribution >= 4 is 0 Å². The number of H-pyrrole nitrogens is 1. The Balaban J connectivity index is 3.01. The molecule has 1 aromatic heterocycles. The van der Waals surface area contributed by atoms with Gasteiger partial charge in [0, 0.05) is 5.56 Å². The van der Waals surface area contributed by atoms with Gasteiger partial charge in [-0.15, -0.1) is 13.2 Å². The van der Waals surface area contributed by atoms with Crippen LogP contribution in [-0.2, 0) is 0 Å². The summed E-state index contributed by atoms with van der Waals surface area (Å²) in [5.74, 6) is 0. The summed E-state index contributed by atoms with van der Waals surface area (Å²) in [4.78, 5) is 0. The number of aromatic amines is 1. The molecular formula is C9H14N4. The van der Waals surface area contributed by atoms with Crippen LogP contribution in [0.1, 0.15) is 23.3 Å². The molecule has 0 aliphatic carbocycles. The van der Waals surface area contributed by atoms with Gasteiger partial charge in [-0.2, -0.15) is 5.10 Å². The molecule has 5 N–H and O–H groups in total. The topological polar surface area (TPSA) is 80.7 Å². The fraction of sp³-hybridized carbons (Fsp3) is 0.222.